The maximum absolute atomic E-state index is 13.0. The standard InChI is InChI=1S/C12H9BrF3NO2/c1-19-10-8(11(2-3-11)17-6-18)4-7(13)5-9(10)12(14,15)16/h4-5H,2-3H2,1H3. The summed E-state index contributed by atoms with van der Waals surface area (Å²) in [4.78, 5) is 14.1. The van der Waals surface area contributed by atoms with Gasteiger partial charge in [0.1, 0.15) is 11.3 Å². The molecule has 1 fully saturated rings. The average molecular weight is 336 g/mol. The van der Waals surface area contributed by atoms with Crippen LogP contribution in [-0.4, -0.2) is 13.2 Å². The lowest BCUT2D eigenvalue weighted by Gasteiger charge is -2.19. The summed E-state index contributed by atoms with van der Waals surface area (Å²) in [5.74, 6) is -0.285. The minimum Gasteiger partial charge on any atom is -0.496 e. The lowest BCUT2D eigenvalue weighted by molar-refractivity contribution is -0.138. The molecule has 0 amide bonds. The van der Waals surface area contributed by atoms with E-state index in [9.17, 15) is 18.0 Å². The largest absolute Gasteiger partial charge is 0.496 e. The zero-order valence-electron chi connectivity index (χ0n) is 9.84. The van der Waals surface area contributed by atoms with Gasteiger partial charge in [-0.15, -0.1) is 0 Å². The van der Waals surface area contributed by atoms with E-state index in [1.54, 1.807) is 0 Å². The molecular weight excluding hydrogens is 327 g/mol. The monoisotopic (exact) mass is 335 g/mol. The van der Waals surface area contributed by atoms with Crippen LogP contribution in [0.4, 0.5) is 13.2 Å². The molecule has 102 valence electrons. The van der Waals surface area contributed by atoms with E-state index in [0.29, 0.717) is 12.8 Å². The molecule has 0 saturated heterocycles. The molecule has 0 bridgehead atoms. The maximum atomic E-state index is 13.0. The van der Waals surface area contributed by atoms with E-state index in [2.05, 4.69) is 20.9 Å². The van der Waals surface area contributed by atoms with Crippen molar-refractivity contribution in [2.24, 2.45) is 4.99 Å². The molecule has 19 heavy (non-hydrogen) atoms. The van der Waals surface area contributed by atoms with Crippen LogP contribution in [-0.2, 0) is 16.5 Å². The minimum absolute atomic E-state index is 0.264. The Balaban J connectivity index is 2.68. The lowest BCUT2D eigenvalue weighted by Crippen LogP contribution is -2.13. The molecule has 0 heterocycles. The van der Waals surface area contributed by atoms with Gasteiger partial charge in [-0.05, 0) is 25.0 Å². The van der Waals surface area contributed by atoms with Gasteiger partial charge in [0.25, 0.3) is 0 Å². The summed E-state index contributed by atoms with van der Waals surface area (Å²) in [6.45, 7) is 0. The van der Waals surface area contributed by atoms with Crippen molar-refractivity contribution < 1.29 is 22.7 Å². The van der Waals surface area contributed by atoms with Crippen molar-refractivity contribution in [1.29, 1.82) is 0 Å². The Morgan fingerprint density at radius 1 is 1.42 bits per heavy atom. The molecule has 0 spiro atoms. The first-order chi connectivity index (χ1) is 8.84. The molecule has 1 aromatic carbocycles. The van der Waals surface area contributed by atoms with Gasteiger partial charge in [0, 0.05) is 10.0 Å². The first kappa shape index (κ1) is 14.1. The topological polar surface area (TPSA) is 38.7 Å². The summed E-state index contributed by atoms with van der Waals surface area (Å²) in [5.41, 5.74) is -1.54. The van der Waals surface area contributed by atoms with Gasteiger partial charge in [-0.3, -0.25) is 0 Å². The first-order valence-electron chi connectivity index (χ1n) is 5.38. The van der Waals surface area contributed by atoms with Gasteiger partial charge in [0.05, 0.1) is 12.7 Å². The third kappa shape index (κ3) is 2.53. The number of nitrogens with zero attached hydrogens (tertiary/aromatic N) is 1. The number of alkyl halides is 3. The number of carbonyl (C=O) groups excluding carboxylic acids is 1. The Kier molecular flexibility index (Phi) is 3.45. The normalized spacial score (nSPS) is 16.7. The van der Waals surface area contributed by atoms with E-state index in [0.717, 1.165) is 6.07 Å². The number of ether oxygens (including phenoxy) is 1. The van der Waals surface area contributed by atoms with Crippen LogP contribution in [0.15, 0.2) is 21.6 Å². The van der Waals surface area contributed by atoms with Gasteiger partial charge < -0.3 is 4.74 Å². The highest BCUT2D eigenvalue weighted by atomic mass is 79.9. The Morgan fingerprint density at radius 3 is 2.47 bits per heavy atom. The van der Waals surface area contributed by atoms with Crippen molar-refractivity contribution in [3.8, 4) is 5.75 Å². The Bertz CT molecular complexity index is 561. The molecule has 0 radical (unpaired) electrons. The van der Waals surface area contributed by atoms with Crippen LogP contribution in [0.3, 0.4) is 0 Å². The van der Waals surface area contributed by atoms with Crippen LogP contribution < -0.4 is 4.74 Å². The van der Waals surface area contributed by atoms with Crippen molar-refractivity contribution in [1.82, 2.24) is 0 Å². The van der Waals surface area contributed by atoms with E-state index in [4.69, 9.17) is 4.74 Å². The molecule has 0 N–H and O–H groups in total. The molecule has 2 rings (SSSR count). The molecule has 3 nitrogen and oxygen atoms in total. The van der Waals surface area contributed by atoms with Gasteiger partial charge in [0.2, 0.25) is 6.08 Å². The van der Waals surface area contributed by atoms with Crippen molar-refractivity contribution in [3.05, 3.63) is 27.7 Å². The molecular formula is C12H9BrF3NO2. The molecule has 0 aliphatic heterocycles. The quantitative estimate of drug-likeness (QED) is 0.622. The van der Waals surface area contributed by atoms with E-state index < -0.39 is 17.3 Å². The molecule has 0 atom stereocenters. The summed E-state index contributed by atoms with van der Waals surface area (Å²) >= 11 is 3.04. The molecule has 1 aliphatic carbocycles. The average Bonchev–Trinajstić information content (AvgIpc) is 3.08. The predicted molar refractivity (Wildman–Crippen MR) is 64.7 cm³/mol. The third-order valence-corrected chi connectivity index (χ3v) is 3.51. The number of hydrogen-bond donors (Lipinski definition) is 0. The van der Waals surface area contributed by atoms with Crippen molar-refractivity contribution >= 4 is 22.0 Å². The number of hydrogen-bond acceptors (Lipinski definition) is 3. The minimum atomic E-state index is -4.54. The fraction of sp³-hybridized carbons (Fsp3) is 0.417. The number of halogens is 4. The number of isocyanates is 1. The Labute approximate surface area is 115 Å². The number of methoxy groups -OCH3 is 1. The van der Waals surface area contributed by atoms with Gasteiger partial charge >= 0.3 is 6.18 Å². The van der Waals surface area contributed by atoms with Crippen molar-refractivity contribution in [3.63, 3.8) is 0 Å². The van der Waals surface area contributed by atoms with Gasteiger partial charge in [-0.2, -0.15) is 18.2 Å². The fourth-order valence-corrected chi connectivity index (χ4v) is 2.47. The van der Waals surface area contributed by atoms with E-state index >= 15 is 0 Å². The zero-order chi connectivity index (χ0) is 14.3. The van der Waals surface area contributed by atoms with Crippen LogP contribution >= 0.6 is 15.9 Å². The summed E-state index contributed by atoms with van der Waals surface area (Å²) in [7, 11) is 1.17. The summed E-state index contributed by atoms with van der Waals surface area (Å²) in [6.07, 6.45) is -2.10. The lowest BCUT2D eigenvalue weighted by atomic mass is 10.00. The maximum Gasteiger partial charge on any atom is 0.420 e. The smallest absolute Gasteiger partial charge is 0.420 e. The highest BCUT2D eigenvalue weighted by molar-refractivity contribution is 9.10. The highest BCUT2D eigenvalue weighted by Crippen LogP contribution is 2.55. The predicted octanol–water partition coefficient (Wildman–Crippen LogP) is 3.80. The van der Waals surface area contributed by atoms with Crippen LogP contribution in [0.2, 0.25) is 0 Å². The molecule has 7 heteroatoms. The Hall–Kier alpha value is -1.33. The van der Waals surface area contributed by atoms with Gasteiger partial charge in [-0.25, -0.2) is 4.79 Å². The van der Waals surface area contributed by atoms with Crippen molar-refractivity contribution in [2.45, 2.75) is 24.6 Å². The molecule has 0 aromatic heterocycles. The fourth-order valence-electron chi connectivity index (χ4n) is 2.02. The third-order valence-electron chi connectivity index (χ3n) is 3.05. The van der Waals surface area contributed by atoms with Crippen molar-refractivity contribution in [2.75, 3.05) is 7.11 Å². The number of aliphatic imine (C=N–C) groups is 1. The number of benzene rings is 1. The summed E-state index contributed by atoms with van der Waals surface area (Å²) < 4.78 is 44.1. The molecule has 1 saturated carbocycles. The van der Waals surface area contributed by atoms with E-state index in [1.165, 1.54) is 19.3 Å². The summed E-state index contributed by atoms with van der Waals surface area (Å²) in [6, 6.07) is 2.45. The molecule has 1 aliphatic rings. The van der Waals surface area contributed by atoms with Crippen LogP contribution in [0.5, 0.6) is 5.75 Å². The van der Waals surface area contributed by atoms with Gasteiger partial charge in [0.15, 0.2) is 0 Å². The van der Waals surface area contributed by atoms with Crippen LogP contribution in [0, 0.1) is 0 Å². The molecule has 1 aromatic rings. The second-order valence-electron chi connectivity index (χ2n) is 4.27. The second kappa shape index (κ2) is 4.65. The summed E-state index contributed by atoms with van der Waals surface area (Å²) in [5, 5.41) is 0. The Morgan fingerprint density at radius 2 is 2.05 bits per heavy atom. The SMILES string of the molecule is COc1c(C(F)(F)F)cc(Br)cc1C1(N=C=O)CC1. The van der Waals surface area contributed by atoms with E-state index in [1.807, 2.05) is 0 Å². The van der Waals surface area contributed by atoms with Gasteiger partial charge in [-0.1, -0.05) is 15.9 Å². The van der Waals surface area contributed by atoms with E-state index in [-0.39, 0.29) is 15.8 Å². The number of rotatable bonds is 3. The first-order valence-corrected chi connectivity index (χ1v) is 6.17. The zero-order valence-corrected chi connectivity index (χ0v) is 11.4. The second-order valence-corrected chi connectivity index (χ2v) is 5.18. The van der Waals surface area contributed by atoms with Crippen LogP contribution in [0.25, 0.3) is 0 Å². The highest BCUT2D eigenvalue weighted by Gasteiger charge is 2.49. The van der Waals surface area contributed by atoms with Crippen LogP contribution in [0.1, 0.15) is 24.0 Å². The molecule has 0 unspecified atom stereocenters.